The predicted octanol–water partition coefficient (Wildman–Crippen LogP) is 4.69. The molecule has 0 bridgehead atoms. The molecule has 1 rings (SSSR count). The maximum absolute atomic E-state index is 5.92. The number of rotatable bonds is 8. The van der Waals surface area contributed by atoms with Crippen molar-refractivity contribution in [3.8, 4) is 0 Å². The maximum atomic E-state index is 5.92. The van der Waals surface area contributed by atoms with Gasteiger partial charge in [0.15, 0.2) is 0 Å². The van der Waals surface area contributed by atoms with Crippen molar-refractivity contribution in [2.75, 3.05) is 6.54 Å². The fourth-order valence-electron chi connectivity index (χ4n) is 2.14. The molecule has 18 heavy (non-hydrogen) atoms. The topological polar surface area (TPSA) is 12.0 Å². The summed E-state index contributed by atoms with van der Waals surface area (Å²) in [7, 11) is 0. The molecule has 0 saturated carbocycles. The van der Waals surface area contributed by atoms with Crippen LogP contribution in [0.3, 0.4) is 0 Å². The molecule has 1 aromatic rings. The van der Waals surface area contributed by atoms with Crippen molar-refractivity contribution < 1.29 is 0 Å². The average molecular weight is 268 g/mol. The minimum atomic E-state index is 0.584. The van der Waals surface area contributed by atoms with Crippen LogP contribution in [0.25, 0.3) is 0 Å². The Bertz CT molecular complexity index is 320. The molecule has 0 radical (unpaired) electrons. The highest BCUT2D eigenvalue weighted by Gasteiger charge is 2.12. The van der Waals surface area contributed by atoms with Crippen LogP contribution in [0.1, 0.15) is 45.6 Å². The van der Waals surface area contributed by atoms with Gasteiger partial charge in [-0.05, 0) is 49.4 Å². The molecule has 2 atom stereocenters. The summed E-state index contributed by atoms with van der Waals surface area (Å²) in [6.07, 6.45) is 4.79. The van der Waals surface area contributed by atoms with Crippen molar-refractivity contribution in [1.29, 1.82) is 0 Å². The van der Waals surface area contributed by atoms with Gasteiger partial charge in [-0.1, -0.05) is 50.9 Å². The van der Waals surface area contributed by atoms with E-state index in [1.165, 1.54) is 24.8 Å². The Morgan fingerprint density at radius 2 is 1.83 bits per heavy atom. The van der Waals surface area contributed by atoms with E-state index < -0.39 is 0 Å². The van der Waals surface area contributed by atoms with E-state index in [2.05, 4.69) is 38.2 Å². The Morgan fingerprint density at radius 3 is 2.39 bits per heavy atom. The van der Waals surface area contributed by atoms with Crippen LogP contribution in [0.5, 0.6) is 0 Å². The van der Waals surface area contributed by atoms with E-state index in [0.29, 0.717) is 6.04 Å². The first-order chi connectivity index (χ1) is 8.65. The second-order valence-electron chi connectivity index (χ2n) is 5.23. The molecule has 2 unspecified atom stereocenters. The normalized spacial score (nSPS) is 14.4. The highest BCUT2D eigenvalue weighted by Crippen LogP contribution is 2.16. The highest BCUT2D eigenvalue weighted by atomic mass is 35.5. The molecule has 1 aromatic carbocycles. The average Bonchev–Trinajstić information content (AvgIpc) is 2.38. The van der Waals surface area contributed by atoms with E-state index in [0.717, 1.165) is 23.9 Å². The SMILES string of the molecule is CCCNC(Cc1ccc(Cl)cc1)CC(C)CC. The minimum absolute atomic E-state index is 0.584. The first kappa shape index (κ1) is 15.5. The maximum Gasteiger partial charge on any atom is 0.0406 e. The van der Waals surface area contributed by atoms with Crippen LogP contribution in [0.2, 0.25) is 5.02 Å². The number of hydrogen-bond acceptors (Lipinski definition) is 1. The molecule has 0 aliphatic rings. The lowest BCUT2D eigenvalue weighted by molar-refractivity contribution is 0.391. The van der Waals surface area contributed by atoms with Gasteiger partial charge in [0.1, 0.15) is 0 Å². The Labute approximate surface area is 117 Å². The minimum Gasteiger partial charge on any atom is -0.314 e. The molecular formula is C16H26ClN. The van der Waals surface area contributed by atoms with Crippen molar-refractivity contribution >= 4 is 11.6 Å². The fourth-order valence-corrected chi connectivity index (χ4v) is 2.27. The first-order valence-corrected chi connectivity index (χ1v) is 7.51. The molecule has 0 aromatic heterocycles. The summed E-state index contributed by atoms with van der Waals surface area (Å²) >= 11 is 5.92. The summed E-state index contributed by atoms with van der Waals surface area (Å²) in [5, 5.41) is 4.48. The smallest absolute Gasteiger partial charge is 0.0406 e. The van der Waals surface area contributed by atoms with E-state index in [1.807, 2.05) is 12.1 Å². The van der Waals surface area contributed by atoms with E-state index in [4.69, 9.17) is 11.6 Å². The van der Waals surface area contributed by atoms with Crippen LogP contribution in [0.15, 0.2) is 24.3 Å². The molecule has 1 nitrogen and oxygen atoms in total. The van der Waals surface area contributed by atoms with E-state index in [9.17, 15) is 0 Å². The van der Waals surface area contributed by atoms with E-state index in [-0.39, 0.29) is 0 Å². The van der Waals surface area contributed by atoms with Gasteiger partial charge in [-0.15, -0.1) is 0 Å². The van der Waals surface area contributed by atoms with Crippen LogP contribution >= 0.6 is 11.6 Å². The quantitative estimate of drug-likeness (QED) is 0.721. The molecular weight excluding hydrogens is 242 g/mol. The molecule has 0 aliphatic heterocycles. The third kappa shape index (κ3) is 5.88. The van der Waals surface area contributed by atoms with Gasteiger partial charge in [-0.2, -0.15) is 0 Å². The second-order valence-corrected chi connectivity index (χ2v) is 5.67. The van der Waals surface area contributed by atoms with Gasteiger partial charge in [0, 0.05) is 11.1 Å². The summed E-state index contributed by atoms with van der Waals surface area (Å²) in [5.74, 6) is 0.784. The molecule has 1 N–H and O–H groups in total. The van der Waals surface area contributed by atoms with Gasteiger partial charge in [0.25, 0.3) is 0 Å². The zero-order chi connectivity index (χ0) is 13.4. The van der Waals surface area contributed by atoms with Gasteiger partial charge >= 0.3 is 0 Å². The van der Waals surface area contributed by atoms with E-state index >= 15 is 0 Å². The van der Waals surface area contributed by atoms with Gasteiger partial charge in [0.2, 0.25) is 0 Å². The number of benzene rings is 1. The zero-order valence-electron chi connectivity index (χ0n) is 11.9. The molecule has 0 saturated heterocycles. The number of nitrogens with one attached hydrogen (secondary N) is 1. The first-order valence-electron chi connectivity index (χ1n) is 7.13. The Morgan fingerprint density at radius 1 is 1.17 bits per heavy atom. The lowest BCUT2D eigenvalue weighted by atomic mass is 9.94. The van der Waals surface area contributed by atoms with Gasteiger partial charge < -0.3 is 5.32 Å². The lowest BCUT2D eigenvalue weighted by Crippen LogP contribution is -2.33. The van der Waals surface area contributed by atoms with Crippen LogP contribution in [-0.2, 0) is 6.42 Å². The Hall–Kier alpha value is -0.530. The number of halogens is 1. The standard InChI is InChI=1S/C16H26ClN/c1-4-10-18-16(11-13(3)5-2)12-14-6-8-15(17)9-7-14/h6-9,13,16,18H,4-5,10-12H2,1-3H3. The third-order valence-corrected chi connectivity index (χ3v) is 3.71. The van der Waals surface area contributed by atoms with Crippen molar-refractivity contribution in [3.63, 3.8) is 0 Å². The highest BCUT2D eigenvalue weighted by molar-refractivity contribution is 6.30. The molecule has 0 spiro atoms. The van der Waals surface area contributed by atoms with Crippen molar-refractivity contribution in [2.45, 2.75) is 52.5 Å². The second kappa shape index (κ2) is 8.55. The predicted molar refractivity (Wildman–Crippen MR) is 81.3 cm³/mol. The summed E-state index contributed by atoms with van der Waals surface area (Å²) in [4.78, 5) is 0. The van der Waals surface area contributed by atoms with Crippen LogP contribution < -0.4 is 5.32 Å². The largest absolute Gasteiger partial charge is 0.314 e. The monoisotopic (exact) mass is 267 g/mol. The summed E-state index contributed by atoms with van der Waals surface area (Å²) in [5.41, 5.74) is 1.37. The summed E-state index contributed by atoms with van der Waals surface area (Å²) in [6.45, 7) is 7.93. The van der Waals surface area contributed by atoms with Crippen molar-refractivity contribution in [1.82, 2.24) is 5.32 Å². The molecule has 0 amide bonds. The van der Waals surface area contributed by atoms with Crippen molar-refractivity contribution in [3.05, 3.63) is 34.9 Å². The van der Waals surface area contributed by atoms with Gasteiger partial charge in [0.05, 0.1) is 0 Å². The fraction of sp³-hybridized carbons (Fsp3) is 0.625. The van der Waals surface area contributed by atoms with Crippen LogP contribution in [0.4, 0.5) is 0 Å². The van der Waals surface area contributed by atoms with Crippen LogP contribution in [-0.4, -0.2) is 12.6 Å². The Balaban J connectivity index is 2.56. The van der Waals surface area contributed by atoms with Crippen molar-refractivity contribution in [2.24, 2.45) is 5.92 Å². The molecule has 0 aliphatic carbocycles. The third-order valence-electron chi connectivity index (χ3n) is 3.46. The molecule has 2 heteroatoms. The Kier molecular flexibility index (Phi) is 7.38. The van der Waals surface area contributed by atoms with Gasteiger partial charge in [-0.25, -0.2) is 0 Å². The van der Waals surface area contributed by atoms with E-state index in [1.54, 1.807) is 0 Å². The van der Waals surface area contributed by atoms with Gasteiger partial charge in [-0.3, -0.25) is 0 Å². The molecule has 0 heterocycles. The molecule has 102 valence electrons. The lowest BCUT2D eigenvalue weighted by Gasteiger charge is -2.22. The van der Waals surface area contributed by atoms with Crippen LogP contribution in [0, 0.1) is 5.92 Å². The summed E-state index contributed by atoms with van der Waals surface area (Å²) < 4.78 is 0. The summed E-state index contributed by atoms with van der Waals surface area (Å²) in [6, 6.07) is 8.83. The number of hydrogen-bond donors (Lipinski definition) is 1. The molecule has 0 fully saturated rings. The zero-order valence-corrected chi connectivity index (χ0v) is 12.6.